The van der Waals surface area contributed by atoms with Gasteiger partial charge in [-0.25, -0.2) is 0 Å². The molecule has 3 rings (SSSR count). The third-order valence-corrected chi connectivity index (χ3v) is 3.95. The highest BCUT2D eigenvalue weighted by Crippen LogP contribution is 2.31. The van der Waals surface area contributed by atoms with Crippen molar-refractivity contribution in [3.8, 4) is 0 Å². The molecule has 0 bridgehead atoms. The first-order chi connectivity index (χ1) is 9.51. The van der Waals surface area contributed by atoms with Gasteiger partial charge in [0.1, 0.15) is 0 Å². The smallest absolute Gasteiger partial charge is 0.311 e. The van der Waals surface area contributed by atoms with E-state index in [0.29, 0.717) is 18.7 Å². The lowest BCUT2D eigenvalue weighted by Crippen LogP contribution is -2.35. The quantitative estimate of drug-likeness (QED) is 0.868. The first-order valence-corrected chi connectivity index (χ1v) is 6.47. The number of rotatable bonds is 2. The highest BCUT2D eigenvalue weighted by Gasteiger charge is 2.42. The fraction of sp³-hybridized carbons (Fsp3) is 0.357. The van der Waals surface area contributed by atoms with Crippen molar-refractivity contribution in [2.75, 3.05) is 13.1 Å². The molecular weight excluding hydrogens is 258 g/mol. The van der Waals surface area contributed by atoms with Crippen molar-refractivity contribution >= 4 is 22.8 Å². The van der Waals surface area contributed by atoms with Gasteiger partial charge in [0, 0.05) is 18.5 Å². The predicted octanol–water partition coefficient (Wildman–Crippen LogP) is 1.50. The molecule has 1 aromatic carbocycles. The van der Waals surface area contributed by atoms with Gasteiger partial charge in [-0.3, -0.25) is 14.7 Å². The molecule has 1 saturated heterocycles. The van der Waals surface area contributed by atoms with Crippen molar-refractivity contribution in [2.45, 2.75) is 13.3 Å². The summed E-state index contributed by atoms with van der Waals surface area (Å²) in [6.45, 7) is 2.34. The van der Waals surface area contributed by atoms with Gasteiger partial charge >= 0.3 is 5.97 Å². The number of aliphatic carboxylic acids is 1. The van der Waals surface area contributed by atoms with Crippen molar-refractivity contribution in [1.29, 1.82) is 0 Å². The van der Waals surface area contributed by atoms with Crippen LogP contribution in [-0.2, 0) is 4.79 Å². The third kappa shape index (κ3) is 1.84. The monoisotopic (exact) mass is 273 g/mol. The van der Waals surface area contributed by atoms with Crippen LogP contribution in [-0.4, -0.2) is 45.2 Å². The van der Waals surface area contributed by atoms with E-state index in [2.05, 4.69) is 10.2 Å². The normalized spacial score (nSPS) is 22.4. The van der Waals surface area contributed by atoms with Crippen LogP contribution in [0, 0.1) is 5.41 Å². The molecule has 1 aromatic heterocycles. The van der Waals surface area contributed by atoms with Gasteiger partial charge in [-0.15, -0.1) is 0 Å². The summed E-state index contributed by atoms with van der Waals surface area (Å²) in [7, 11) is 0. The van der Waals surface area contributed by atoms with Crippen LogP contribution in [0.4, 0.5) is 0 Å². The Morgan fingerprint density at radius 2 is 2.15 bits per heavy atom. The fourth-order valence-corrected chi connectivity index (χ4v) is 2.59. The molecule has 6 heteroatoms. The topological polar surface area (TPSA) is 86.3 Å². The lowest BCUT2D eigenvalue weighted by molar-refractivity contribution is -0.147. The lowest BCUT2D eigenvalue weighted by Gasteiger charge is -2.19. The molecule has 1 atom stereocenters. The summed E-state index contributed by atoms with van der Waals surface area (Å²) in [6, 6.07) is 7.40. The molecule has 1 fully saturated rings. The van der Waals surface area contributed by atoms with E-state index >= 15 is 0 Å². The standard InChI is InChI=1S/C14H15N3O3/c1-14(13(19)20)6-7-17(8-14)12(18)11-9-4-2-3-5-10(9)15-16-11/h2-5H,6-8H2,1H3,(H,15,16)(H,19,20). The van der Waals surface area contributed by atoms with Crippen LogP contribution in [0.3, 0.4) is 0 Å². The van der Waals surface area contributed by atoms with Crippen LogP contribution in [0.15, 0.2) is 24.3 Å². The van der Waals surface area contributed by atoms with Crippen LogP contribution >= 0.6 is 0 Å². The van der Waals surface area contributed by atoms with Crippen molar-refractivity contribution in [3.05, 3.63) is 30.0 Å². The van der Waals surface area contributed by atoms with Gasteiger partial charge in [-0.2, -0.15) is 5.10 Å². The number of aromatic amines is 1. The van der Waals surface area contributed by atoms with E-state index in [-0.39, 0.29) is 12.5 Å². The zero-order chi connectivity index (χ0) is 14.3. The highest BCUT2D eigenvalue weighted by molar-refractivity contribution is 6.04. The molecule has 104 valence electrons. The number of para-hydroxylation sites is 1. The zero-order valence-corrected chi connectivity index (χ0v) is 11.1. The van der Waals surface area contributed by atoms with Crippen molar-refractivity contribution in [1.82, 2.24) is 15.1 Å². The number of aromatic nitrogens is 2. The molecule has 1 amide bonds. The summed E-state index contributed by atoms with van der Waals surface area (Å²) in [6.07, 6.45) is 0.469. The number of likely N-dealkylation sites (tertiary alicyclic amines) is 1. The van der Waals surface area contributed by atoms with Gasteiger partial charge in [-0.1, -0.05) is 18.2 Å². The molecule has 1 aliphatic rings. The van der Waals surface area contributed by atoms with E-state index in [4.69, 9.17) is 0 Å². The van der Waals surface area contributed by atoms with E-state index < -0.39 is 11.4 Å². The molecular formula is C14H15N3O3. The molecule has 1 unspecified atom stereocenters. The summed E-state index contributed by atoms with van der Waals surface area (Å²) >= 11 is 0. The first-order valence-electron chi connectivity index (χ1n) is 6.47. The maximum absolute atomic E-state index is 12.5. The van der Waals surface area contributed by atoms with Crippen LogP contribution in [0.1, 0.15) is 23.8 Å². The Hall–Kier alpha value is -2.37. The van der Waals surface area contributed by atoms with Crippen molar-refractivity contribution in [2.24, 2.45) is 5.41 Å². The zero-order valence-electron chi connectivity index (χ0n) is 11.1. The summed E-state index contributed by atoms with van der Waals surface area (Å²) < 4.78 is 0. The predicted molar refractivity (Wildman–Crippen MR) is 72.4 cm³/mol. The van der Waals surface area contributed by atoms with Gasteiger partial charge in [0.25, 0.3) is 5.91 Å². The number of hydrogen-bond acceptors (Lipinski definition) is 3. The molecule has 2 heterocycles. The second-order valence-electron chi connectivity index (χ2n) is 5.46. The first kappa shape index (κ1) is 12.7. The lowest BCUT2D eigenvalue weighted by atomic mass is 9.90. The van der Waals surface area contributed by atoms with E-state index in [1.54, 1.807) is 11.8 Å². The van der Waals surface area contributed by atoms with Crippen LogP contribution < -0.4 is 0 Å². The fourth-order valence-electron chi connectivity index (χ4n) is 2.59. The summed E-state index contributed by atoms with van der Waals surface area (Å²) in [5, 5.41) is 16.9. The van der Waals surface area contributed by atoms with Gasteiger partial charge < -0.3 is 10.0 Å². The average molecular weight is 273 g/mol. The molecule has 0 aliphatic carbocycles. The van der Waals surface area contributed by atoms with E-state index in [1.165, 1.54) is 0 Å². The van der Waals surface area contributed by atoms with Gasteiger partial charge in [0.15, 0.2) is 5.69 Å². The molecule has 0 saturated carbocycles. The van der Waals surface area contributed by atoms with Crippen molar-refractivity contribution < 1.29 is 14.7 Å². The largest absolute Gasteiger partial charge is 0.481 e. The minimum atomic E-state index is -0.861. The van der Waals surface area contributed by atoms with E-state index in [0.717, 1.165) is 10.9 Å². The van der Waals surface area contributed by atoms with Gasteiger partial charge in [0.2, 0.25) is 0 Å². The highest BCUT2D eigenvalue weighted by atomic mass is 16.4. The SMILES string of the molecule is CC1(C(=O)O)CCN(C(=O)c2n[nH]c3ccccc23)C1. The minimum Gasteiger partial charge on any atom is -0.481 e. The van der Waals surface area contributed by atoms with E-state index in [9.17, 15) is 14.7 Å². The maximum atomic E-state index is 12.5. The number of benzene rings is 1. The molecule has 0 radical (unpaired) electrons. The molecule has 2 N–H and O–H groups in total. The number of H-pyrrole nitrogens is 1. The maximum Gasteiger partial charge on any atom is 0.311 e. The number of carbonyl (C=O) groups is 2. The number of carboxylic acids is 1. The molecule has 6 nitrogen and oxygen atoms in total. The number of carbonyl (C=O) groups excluding carboxylic acids is 1. The number of fused-ring (bicyclic) bond motifs is 1. The second-order valence-corrected chi connectivity index (χ2v) is 5.46. The Kier molecular flexibility index (Phi) is 2.74. The number of hydrogen-bond donors (Lipinski definition) is 2. The minimum absolute atomic E-state index is 0.215. The van der Waals surface area contributed by atoms with Crippen molar-refractivity contribution in [3.63, 3.8) is 0 Å². The Morgan fingerprint density at radius 3 is 2.85 bits per heavy atom. The average Bonchev–Trinajstić information content (AvgIpc) is 3.03. The number of amides is 1. The van der Waals surface area contributed by atoms with E-state index in [1.807, 2.05) is 24.3 Å². The third-order valence-electron chi connectivity index (χ3n) is 3.95. The van der Waals surface area contributed by atoms with Gasteiger partial charge in [0.05, 0.1) is 10.9 Å². The molecule has 20 heavy (non-hydrogen) atoms. The van der Waals surface area contributed by atoms with Crippen LogP contribution in [0.2, 0.25) is 0 Å². The summed E-state index contributed by atoms with van der Waals surface area (Å²) in [5.41, 5.74) is 0.299. The van der Waals surface area contributed by atoms with Crippen LogP contribution in [0.25, 0.3) is 10.9 Å². The summed E-state index contributed by atoms with van der Waals surface area (Å²) in [4.78, 5) is 25.3. The number of nitrogens with zero attached hydrogens (tertiary/aromatic N) is 2. The number of nitrogens with one attached hydrogen (secondary N) is 1. The molecule has 0 spiro atoms. The number of carboxylic acid groups (broad SMARTS) is 1. The second kappa shape index (κ2) is 4.33. The Bertz CT molecular complexity index is 694. The Labute approximate surface area is 115 Å². The summed E-state index contributed by atoms with van der Waals surface area (Å²) in [5.74, 6) is -1.08. The molecule has 1 aliphatic heterocycles. The van der Waals surface area contributed by atoms with Gasteiger partial charge in [-0.05, 0) is 19.4 Å². The van der Waals surface area contributed by atoms with Crippen LogP contribution in [0.5, 0.6) is 0 Å². The Balaban J connectivity index is 1.89. The molecule has 2 aromatic rings. The Morgan fingerprint density at radius 1 is 1.40 bits per heavy atom.